The normalized spacial score (nSPS) is 10.8. The van der Waals surface area contributed by atoms with E-state index in [0.717, 1.165) is 16.5 Å². The Labute approximate surface area is 110 Å². The maximum absolute atomic E-state index is 11.7. The Morgan fingerprint density at radius 1 is 1.50 bits per heavy atom. The van der Waals surface area contributed by atoms with E-state index in [4.69, 9.17) is 16.3 Å². The van der Waals surface area contributed by atoms with E-state index in [1.807, 2.05) is 24.4 Å². The summed E-state index contributed by atoms with van der Waals surface area (Å²) in [5, 5.41) is 4.50. The third kappa shape index (κ3) is 3.03. The van der Waals surface area contributed by atoms with Gasteiger partial charge < -0.3 is 15.0 Å². The third-order valence-corrected chi connectivity index (χ3v) is 2.94. The number of hydrogen-bond acceptors (Lipinski definition) is 2. The van der Waals surface area contributed by atoms with Gasteiger partial charge in [0.1, 0.15) is 0 Å². The highest BCUT2D eigenvalue weighted by Gasteiger charge is 2.08. The minimum Gasteiger partial charge on any atom is -0.383 e. The van der Waals surface area contributed by atoms with Gasteiger partial charge in [0.2, 0.25) is 5.91 Å². The number of H-pyrrole nitrogens is 1. The molecule has 2 rings (SSSR count). The number of halogens is 1. The molecule has 0 saturated heterocycles. The van der Waals surface area contributed by atoms with Gasteiger partial charge in [-0.1, -0.05) is 17.7 Å². The van der Waals surface area contributed by atoms with Crippen LogP contribution in [0.5, 0.6) is 0 Å². The minimum absolute atomic E-state index is 0.0112. The number of rotatable bonds is 5. The topological polar surface area (TPSA) is 54.1 Å². The van der Waals surface area contributed by atoms with Crippen molar-refractivity contribution >= 4 is 28.4 Å². The van der Waals surface area contributed by atoms with Gasteiger partial charge in [-0.2, -0.15) is 0 Å². The number of aromatic nitrogens is 1. The van der Waals surface area contributed by atoms with Gasteiger partial charge in [0.05, 0.1) is 13.0 Å². The van der Waals surface area contributed by atoms with Gasteiger partial charge in [0.25, 0.3) is 0 Å². The van der Waals surface area contributed by atoms with Gasteiger partial charge >= 0.3 is 0 Å². The maximum atomic E-state index is 11.7. The number of benzene rings is 1. The highest BCUT2D eigenvalue weighted by Crippen LogP contribution is 2.22. The van der Waals surface area contributed by atoms with Crippen LogP contribution in [0.2, 0.25) is 5.02 Å². The van der Waals surface area contributed by atoms with E-state index in [0.29, 0.717) is 24.6 Å². The van der Waals surface area contributed by atoms with E-state index in [-0.39, 0.29) is 5.91 Å². The van der Waals surface area contributed by atoms with Crippen LogP contribution in [-0.4, -0.2) is 31.2 Å². The highest BCUT2D eigenvalue weighted by molar-refractivity contribution is 6.31. The van der Waals surface area contributed by atoms with Crippen LogP contribution in [0, 0.1) is 0 Å². The van der Waals surface area contributed by atoms with Crippen molar-refractivity contribution in [1.82, 2.24) is 10.3 Å². The second-order valence-electron chi connectivity index (χ2n) is 4.02. The molecule has 0 aliphatic rings. The molecule has 0 atom stereocenters. The summed E-state index contributed by atoms with van der Waals surface area (Å²) in [6.45, 7) is 1.05. The SMILES string of the molecule is COCCNC(=O)Cc1c[nH]c2cc(Cl)ccc12. The molecule has 0 unspecified atom stereocenters. The summed E-state index contributed by atoms with van der Waals surface area (Å²) in [5.41, 5.74) is 1.92. The summed E-state index contributed by atoms with van der Waals surface area (Å²) < 4.78 is 4.88. The summed E-state index contributed by atoms with van der Waals surface area (Å²) >= 11 is 5.90. The van der Waals surface area contributed by atoms with Crippen LogP contribution in [0.3, 0.4) is 0 Å². The molecule has 0 bridgehead atoms. The lowest BCUT2D eigenvalue weighted by molar-refractivity contribution is -0.120. The second kappa shape index (κ2) is 5.89. The first kappa shape index (κ1) is 12.9. The number of nitrogens with one attached hydrogen (secondary N) is 2. The molecule has 0 spiro atoms. The molecular weight excluding hydrogens is 252 g/mol. The zero-order valence-electron chi connectivity index (χ0n) is 10.1. The molecule has 4 nitrogen and oxygen atoms in total. The monoisotopic (exact) mass is 266 g/mol. The summed E-state index contributed by atoms with van der Waals surface area (Å²) in [5.74, 6) is -0.0112. The molecule has 0 aliphatic carbocycles. The van der Waals surface area contributed by atoms with E-state index < -0.39 is 0 Å². The van der Waals surface area contributed by atoms with Gasteiger partial charge in [0.15, 0.2) is 0 Å². The molecule has 2 aromatic rings. The lowest BCUT2D eigenvalue weighted by Gasteiger charge is -2.03. The number of methoxy groups -OCH3 is 1. The Morgan fingerprint density at radius 3 is 3.11 bits per heavy atom. The number of fused-ring (bicyclic) bond motifs is 1. The summed E-state index contributed by atoms with van der Waals surface area (Å²) in [4.78, 5) is 14.8. The van der Waals surface area contributed by atoms with Crippen LogP contribution in [-0.2, 0) is 16.0 Å². The number of aromatic amines is 1. The Kier molecular flexibility index (Phi) is 4.23. The molecule has 0 fully saturated rings. The lowest BCUT2D eigenvalue weighted by Crippen LogP contribution is -2.28. The van der Waals surface area contributed by atoms with Crippen molar-refractivity contribution in [2.75, 3.05) is 20.3 Å². The van der Waals surface area contributed by atoms with Crippen molar-refractivity contribution in [2.45, 2.75) is 6.42 Å². The molecule has 1 amide bonds. The maximum Gasteiger partial charge on any atom is 0.224 e. The third-order valence-electron chi connectivity index (χ3n) is 2.71. The van der Waals surface area contributed by atoms with E-state index in [1.54, 1.807) is 7.11 Å². The van der Waals surface area contributed by atoms with Crippen molar-refractivity contribution in [1.29, 1.82) is 0 Å². The number of carbonyl (C=O) groups excluding carboxylic acids is 1. The molecular formula is C13H15ClN2O2. The van der Waals surface area contributed by atoms with E-state index in [2.05, 4.69) is 10.3 Å². The predicted molar refractivity (Wildman–Crippen MR) is 71.9 cm³/mol. The molecule has 0 aliphatic heterocycles. The Bertz CT molecular complexity index is 551. The van der Waals surface area contributed by atoms with Crippen molar-refractivity contribution in [3.63, 3.8) is 0 Å². The molecule has 0 saturated carbocycles. The van der Waals surface area contributed by atoms with Crippen LogP contribution in [0.15, 0.2) is 24.4 Å². The van der Waals surface area contributed by atoms with Crippen LogP contribution in [0.4, 0.5) is 0 Å². The average Bonchev–Trinajstić information content (AvgIpc) is 2.72. The summed E-state index contributed by atoms with van der Waals surface area (Å²) in [7, 11) is 1.61. The van der Waals surface area contributed by atoms with E-state index in [1.165, 1.54) is 0 Å². The van der Waals surface area contributed by atoms with Gasteiger partial charge in [0, 0.05) is 35.8 Å². The van der Waals surface area contributed by atoms with E-state index in [9.17, 15) is 4.79 Å². The Hall–Kier alpha value is -1.52. The number of hydrogen-bond donors (Lipinski definition) is 2. The molecule has 18 heavy (non-hydrogen) atoms. The first-order chi connectivity index (χ1) is 8.70. The molecule has 2 N–H and O–H groups in total. The zero-order valence-corrected chi connectivity index (χ0v) is 10.9. The van der Waals surface area contributed by atoms with Crippen molar-refractivity contribution < 1.29 is 9.53 Å². The Balaban J connectivity index is 2.05. The van der Waals surface area contributed by atoms with E-state index >= 15 is 0 Å². The molecule has 96 valence electrons. The smallest absolute Gasteiger partial charge is 0.224 e. The fourth-order valence-corrected chi connectivity index (χ4v) is 2.00. The summed E-state index contributed by atoms with van der Waals surface area (Å²) in [6.07, 6.45) is 2.20. The number of ether oxygens (including phenoxy) is 1. The largest absolute Gasteiger partial charge is 0.383 e. The average molecular weight is 267 g/mol. The van der Waals surface area contributed by atoms with Crippen LogP contribution in [0.25, 0.3) is 10.9 Å². The fraction of sp³-hybridized carbons (Fsp3) is 0.308. The van der Waals surface area contributed by atoms with Crippen molar-refractivity contribution in [2.24, 2.45) is 0 Å². The minimum atomic E-state index is -0.0112. The summed E-state index contributed by atoms with van der Waals surface area (Å²) in [6, 6.07) is 5.60. The molecule has 1 aromatic heterocycles. The molecule has 1 heterocycles. The van der Waals surface area contributed by atoms with Gasteiger partial charge in [-0.3, -0.25) is 4.79 Å². The highest BCUT2D eigenvalue weighted by atomic mass is 35.5. The lowest BCUT2D eigenvalue weighted by atomic mass is 10.1. The van der Waals surface area contributed by atoms with Crippen LogP contribution in [0.1, 0.15) is 5.56 Å². The van der Waals surface area contributed by atoms with Gasteiger partial charge in [-0.05, 0) is 17.7 Å². The standard InChI is InChI=1S/C13H15ClN2O2/c1-18-5-4-15-13(17)6-9-8-16-12-7-10(14)2-3-11(9)12/h2-3,7-8,16H,4-6H2,1H3,(H,15,17). The van der Waals surface area contributed by atoms with Crippen LogP contribution >= 0.6 is 11.6 Å². The van der Waals surface area contributed by atoms with Gasteiger partial charge in [-0.15, -0.1) is 0 Å². The van der Waals surface area contributed by atoms with Gasteiger partial charge in [-0.25, -0.2) is 0 Å². The van der Waals surface area contributed by atoms with Crippen molar-refractivity contribution in [3.8, 4) is 0 Å². The second-order valence-corrected chi connectivity index (χ2v) is 4.46. The number of carbonyl (C=O) groups is 1. The predicted octanol–water partition coefficient (Wildman–Crippen LogP) is 2.13. The fourth-order valence-electron chi connectivity index (χ4n) is 1.83. The first-order valence-electron chi connectivity index (χ1n) is 5.72. The molecule has 0 radical (unpaired) electrons. The molecule has 5 heteroatoms. The first-order valence-corrected chi connectivity index (χ1v) is 6.09. The number of amides is 1. The quantitative estimate of drug-likeness (QED) is 0.815. The zero-order chi connectivity index (χ0) is 13.0. The van der Waals surface area contributed by atoms with Crippen molar-refractivity contribution in [3.05, 3.63) is 35.0 Å². The molecule has 1 aromatic carbocycles. The Morgan fingerprint density at radius 2 is 2.33 bits per heavy atom. The van der Waals surface area contributed by atoms with Crippen LogP contribution < -0.4 is 5.32 Å².